The third kappa shape index (κ3) is 2.93. The molecule has 0 saturated heterocycles. The summed E-state index contributed by atoms with van der Waals surface area (Å²) in [6, 6.07) is 0. The van der Waals surface area contributed by atoms with Gasteiger partial charge in [0.15, 0.2) is 0 Å². The van der Waals surface area contributed by atoms with Crippen molar-refractivity contribution in [3.05, 3.63) is 22.8 Å². The molecule has 0 amide bonds. The van der Waals surface area contributed by atoms with Crippen molar-refractivity contribution in [3.8, 4) is 11.8 Å². The molecule has 1 heteroatoms. The second-order valence-corrected chi connectivity index (χ2v) is 3.85. The Morgan fingerprint density at radius 2 is 2.50 bits per heavy atom. The Balaban J connectivity index is 2.81. The van der Waals surface area contributed by atoms with E-state index < -0.39 is 0 Å². The maximum absolute atomic E-state index is 5.75. The maximum atomic E-state index is 5.75. The summed E-state index contributed by atoms with van der Waals surface area (Å²) in [6.45, 7) is 4.13. The Morgan fingerprint density at radius 3 is 3.00 bits per heavy atom. The van der Waals surface area contributed by atoms with Gasteiger partial charge in [0.1, 0.15) is 0 Å². The monoisotopic (exact) mass is 208 g/mol. The predicted molar refractivity (Wildman–Crippen MR) is 63.1 cm³/mol. The van der Waals surface area contributed by atoms with E-state index in [2.05, 4.69) is 31.8 Å². The summed E-state index contributed by atoms with van der Waals surface area (Å²) in [5.74, 6) is 6.71. The maximum Gasteiger partial charge on any atom is 0.0630 e. The molecule has 0 N–H and O–H groups in total. The molecular formula is C13H17Cl. The lowest BCUT2D eigenvalue weighted by molar-refractivity contribution is 0.826. The number of allylic oxidation sites excluding steroid dienone is 3. The van der Waals surface area contributed by atoms with Crippen molar-refractivity contribution in [3.63, 3.8) is 0 Å². The van der Waals surface area contributed by atoms with Crippen LogP contribution in [0.15, 0.2) is 22.8 Å². The Hall–Kier alpha value is -0.670. The topological polar surface area (TPSA) is 0 Å². The van der Waals surface area contributed by atoms with Gasteiger partial charge in [0, 0.05) is 12.0 Å². The highest BCUT2D eigenvalue weighted by molar-refractivity contribution is 6.25. The van der Waals surface area contributed by atoms with Crippen molar-refractivity contribution in [1.82, 2.24) is 0 Å². The van der Waals surface area contributed by atoms with Gasteiger partial charge in [-0.15, -0.1) is 5.92 Å². The van der Waals surface area contributed by atoms with Crippen molar-refractivity contribution < 1.29 is 0 Å². The first kappa shape index (κ1) is 11.4. The molecular weight excluding hydrogens is 192 g/mol. The Labute approximate surface area is 92.0 Å². The van der Waals surface area contributed by atoms with Crippen LogP contribution in [0.4, 0.5) is 0 Å². The molecule has 0 bridgehead atoms. The van der Waals surface area contributed by atoms with Gasteiger partial charge in [-0.05, 0) is 31.8 Å². The van der Waals surface area contributed by atoms with Crippen LogP contribution in [0, 0.1) is 17.8 Å². The van der Waals surface area contributed by atoms with Crippen LogP contribution in [0.5, 0.6) is 0 Å². The third-order valence-corrected chi connectivity index (χ3v) is 2.84. The first-order valence-electron chi connectivity index (χ1n) is 5.23. The fraction of sp³-hybridized carbons (Fsp3) is 0.538. The summed E-state index contributed by atoms with van der Waals surface area (Å²) in [5.41, 5.74) is 4.29. The van der Waals surface area contributed by atoms with E-state index in [1.54, 1.807) is 5.54 Å². The molecule has 0 spiro atoms. The van der Waals surface area contributed by atoms with Crippen LogP contribution in [0.25, 0.3) is 0 Å². The molecule has 0 fully saturated rings. The summed E-state index contributed by atoms with van der Waals surface area (Å²) in [6.07, 6.45) is 6.90. The van der Waals surface area contributed by atoms with Crippen molar-refractivity contribution >= 4 is 11.6 Å². The van der Waals surface area contributed by atoms with Crippen molar-refractivity contribution in [2.75, 3.05) is 0 Å². The minimum absolute atomic E-state index is 0.273. The number of hydrogen-bond acceptors (Lipinski definition) is 0. The van der Waals surface area contributed by atoms with E-state index >= 15 is 0 Å². The summed E-state index contributed by atoms with van der Waals surface area (Å²) in [7, 11) is 0. The molecule has 14 heavy (non-hydrogen) atoms. The fourth-order valence-electron chi connectivity index (χ4n) is 1.72. The minimum Gasteiger partial charge on any atom is -0.103 e. The molecule has 0 aliphatic heterocycles. The lowest BCUT2D eigenvalue weighted by atomic mass is 9.92. The first-order valence-corrected chi connectivity index (χ1v) is 5.67. The van der Waals surface area contributed by atoms with Gasteiger partial charge >= 0.3 is 0 Å². The average molecular weight is 209 g/mol. The van der Waals surface area contributed by atoms with Gasteiger partial charge in [-0.1, -0.05) is 36.1 Å². The zero-order valence-electron chi connectivity index (χ0n) is 8.94. The van der Waals surface area contributed by atoms with Gasteiger partial charge < -0.3 is 0 Å². The number of hydrogen-bond donors (Lipinski definition) is 0. The van der Waals surface area contributed by atoms with Gasteiger partial charge in [0.2, 0.25) is 0 Å². The van der Waals surface area contributed by atoms with E-state index in [1.165, 1.54) is 30.4 Å². The average Bonchev–Trinajstić information content (AvgIpc) is 2.71. The van der Waals surface area contributed by atoms with Gasteiger partial charge in [-0.2, -0.15) is 0 Å². The predicted octanol–water partition coefficient (Wildman–Crippen LogP) is 4.27. The molecule has 0 aromatic heterocycles. The Morgan fingerprint density at radius 1 is 1.71 bits per heavy atom. The summed E-state index contributed by atoms with van der Waals surface area (Å²) in [5, 5.41) is 0. The molecule has 0 nitrogen and oxygen atoms in total. The normalized spacial score (nSPS) is 18.5. The quantitative estimate of drug-likeness (QED) is 0.470. The smallest absolute Gasteiger partial charge is 0.0630 e. The summed E-state index contributed by atoms with van der Waals surface area (Å²) >= 11 is 5.75. The van der Waals surface area contributed by atoms with E-state index in [0.29, 0.717) is 0 Å². The van der Waals surface area contributed by atoms with Gasteiger partial charge in [-0.3, -0.25) is 0 Å². The zero-order chi connectivity index (χ0) is 10.4. The van der Waals surface area contributed by atoms with Crippen LogP contribution in [0.2, 0.25) is 0 Å². The molecule has 1 aliphatic rings. The first-order chi connectivity index (χ1) is 6.79. The summed E-state index contributed by atoms with van der Waals surface area (Å²) in [4.78, 5) is 0. The van der Waals surface area contributed by atoms with Gasteiger partial charge in [0.25, 0.3) is 0 Å². The van der Waals surface area contributed by atoms with Crippen molar-refractivity contribution in [1.29, 1.82) is 0 Å². The van der Waals surface area contributed by atoms with E-state index in [4.69, 9.17) is 11.6 Å². The molecule has 1 unspecified atom stereocenters. The van der Waals surface area contributed by atoms with Crippen molar-refractivity contribution in [2.45, 2.75) is 39.5 Å². The van der Waals surface area contributed by atoms with Crippen LogP contribution in [-0.2, 0) is 0 Å². The molecule has 0 heterocycles. The molecule has 0 aromatic rings. The van der Waals surface area contributed by atoms with Crippen LogP contribution in [-0.4, -0.2) is 0 Å². The number of halogens is 1. The largest absolute Gasteiger partial charge is 0.103 e. The second kappa shape index (κ2) is 5.94. The lowest BCUT2D eigenvalue weighted by Gasteiger charge is -2.12. The molecule has 1 atom stereocenters. The molecule has 76 valence electrons. The summed E-state index contributed by atoms with van der Waals surface area (Å²) < 4.78 is 0. The minimum atomic E-state index is 0.273. The molecule has 0 saturated carbocycles. The lowest BCUT2D eigenvalue weighted by Crippen LogP contribution is -2.01. The third-order valence-electron chi connectivity index (χ3n) is 2.50. The number of rotatable bonds is 2. The van der Waals surface area contributed by atoms with E-state index in [0.717, 1.165) is 6.42 Å². The Kier molecular flexibility index (Phi) is 4.84. The van der Waals surface area contributed by atoms with E-state index in [9.17, 15) is 0 Å². The molecule has 1 aliphatic carbocycles. The standard InChI is InChI=1S/C13H17Cl/c1-3-4-9-13(11(2)10-14)12-7-5-6-8-12/h7,10,13H,3,5-6,8H2,1-2H3. The molecule has 0 radical (unpaired) electrons. The second-order valence-electron chi connectivity index (χ2n) is 3.63. The van der Waals surface area contributed by atoms with Gasteiger partial charge in [-0.25, -0.2) is 0 Å². The Bertz CT molecular complexity index is 299. The highest BCUT2D eigenvalue weighted by atomic mass is 35.5. The van der Waals surface area contributed by atoms with Gasteiger partial charge in [0.05, 0.1) is 5.92 Å². The van der Waals surface area contributed by atoms with Crippen LogP contribution >= 0.6 is 11.6 Å². The molecule has 1 rings (SSSR count). The van der Waals surface area contributed by atoms with E-state index in [-0.39, 0.29) is 5.92 Å². The van der Waals surface area contributed by atoms with E-state index in [1.807, 2.05) is 0 Å². The molecule has 0 aromatic carbocycles. The fourth-order valence-corrected chi connectivity index (χ4v) is 1.85. The highest BCUT2D eigenvalue weighted by Gasteiger charge is 2.16. The van der Waals surface area contributed by atoms with Crippen LogP contribution in [0.1, 0.15) is 39.5 Å². The van der Waals surface area contributed by atoms with Crippen molar-refractivity contribution in [2.24, 2.45) is 5.92 Å². The zero-order valence-corrected chi connectivity index (χ0v) is 9.69. The SMILES string of the molecule is CCC#CC(C(C)=CCl)C1=CCCC1. The highest BCUT2D eigenvalue weighted by Crippen LogP contribution is 2.29. The van der Waals surface area contributed by atoms with Crippen LogP contribution in [0.3, 0.4) is 0 Å². The van der Waals surface area contributed by atoms with Crippen LogP contribution < -0.4 is 0 Å².